The van der Waals surface area contributed by atoms with Crippen LogP contribution in [0.25, 0.3) is 0 Å². The summed E-state index contributed by atoms with van der Waals surface area (Å²) >= 11 is 0. The van der Waals surface area contributed by atoms with Gasteiger partial charge >= 0.3 is 0 Å². The van der Waals surface area contributed by atoms with Gasteiger partial charge in [0.1, 0.15) is 0 Å². The van der Waals surface area contributed by atoms with Crippen LogP contribution >= 0.6 is 0 Å². The molecule has 0 rings (SSSR count). The van der Waals surface area contributed by atoms with Crippen LogP contribution in [-0.2, 0) is 0 Å². The zero-order chi connectivity index (χ0) is 11.1. The van der Waals surface area contributed by atoms with E-state index in [1.165, 1.54) is 25.9 Å². The van der Waals surface area contributed by atoms with Crippen molar-refractivity contribution in [2.75, 3.05) is 13.1 Å². The van der Waals surface area contributed by atoms with Gasteiger partial charge in [0.2, 0.25) is 0 Å². The van der Waals surface area contributed by atoms with E-state index < -0.39 is 0 Å². The van der Waals surface area contributed by atoms with E-state index in [1.807, 2.05) is 0 Å². The van der Waals surface area contributed by atoms with Crippen molar-refractivity contribution in [3.63, 3.8) is 0 Å². The highest BCUT2D eigenvalue weighted by atomic mass is 15.6. The van der Waals surface area contributed by atoms with Gasteiger partial charge in [-0.2, -0.15) is 0 Å². The molecular weight excluding hydrogens is 172 g/mol. The van der Waals surface area contributed by atoms with Gasteiger partial charge < -0.3 is 0 Å². The van der Waals surface area contributed by atoms with E-state index >= 15 is 0 Å². The number of hydrogen-bond acceptors (Lipinski definition) is 2. The van der Waals surface area contributed by atoms with E-state index in [1.54, 1.807) is 0 Å². The number of rotatable bonds is 7. The Kier molecular flexibility index (Phi) is 7.20. The van der Waals surface area contributed by atoms with Crippen LogP contribution in [0.1, 0.15) is 54.4 Å². The van der Waals surface area contributed by atoms with Gasteiger partial charge in [-0.15, -0.1) is 0 Å². The molecule has 0 aromatic rings. The minimum absolute atomic E-state index is 0.605. The number of hydrogen-bond donors (Lipinski definition) is 0. The lowest BCUT2D eigenvalue weighted by atomic mass is 10.2. The minimum Gasteiger partial charge on any atom is -0.241 e. The zero-order valence-electron chi connectivity index (χ0n) is 10.9. The first-order valence-electron chi connectivity index (χ1n) is 6.07. The van der Waals surface area contributed by atoms with E-state index in [0.29, 0.717) is 12.1 Å². The second-order valence-corrected chi connectivity index (χ2v) is 4.52. The summed E-state index contributed by atoms with van der Waals surface area (Å²) in [6, 6.07) is 1.21. The second kappa shape index (κ2) is 7.24. The lowest BCUT2D eigenvalue weighted by molar-refractivity contribution is -0.0755. The molecule has 0 spiro atoms. The molecule has 0 amide bonds. The summed E-state index contributed by atoms with van der Waals surface area (Å²) in [4.78, 5) is 0. The van der Waals surface area contributed by atoms with Crippen molar-refractivity contribution in [3.8, 4) is 0 Å². The van der Waals surface area contributed by atoms with Crippen molar-refractivity contribution >= 4 is 0 Å². The molecule has 0 aliphatic heterocycles. The van der Waals surface area contributed by atoms with Crippen molar-refractivity contribution in [3.05, 3.63) is 0 Å². The quantitative estimate of drug-likeness (QED) is 0.583. The van der Waals surface area contributed by atoms with Crippen LogP contribution in [0.4, 0.5) is 0 Å². The van der Waals surface area contributed by atoms with Gasteiger partial charge in [-0.25, -0.2) is 10.0 Å². The molecule has 2 heteroatoms. The predicted molar refractivity (Wildman–Crippen MR) is 64.3 cm³/mol. The standard InChI is InChI=1S/C12H28N2/c1-7-9-13(10-8-2)14(11(3)4)12(5)6/h11-12H,7-10H2,1-6H3. The molecule has 0 unspecified atom stereocenters. The third kappa shape index (κ3) is 4.43. The molecule has 2 nitrogen and oxygen atoms in total. The average molecular weight is 200 g/mol. The molecule has 0 heterocycles. The van der Waals surface area contributed by atoms with Gasteiger partial charge in [-0.3, -0.25) is 0 Å². The molecule has 0 saturated heterocycles. The normalized spacial score (nSPS) is 12.4. The fourth-order valence-corrected chi connectivity index (χ4v) is 2.11. The van der Waals surface area contributed by atoms with Gasteiger partial charge in [0.15, 0.2) is 0 Å². The van der Waals surface area contributed by atoms with Crippen LogP contribution in [-0.4, -0.2) is 35.2 Å². The molecule has 0 aliphatic carbocycles. The summed E-state index contributed by atoms with van der Waals surface area (Å²) in [5.41, 5.74) is 0. The molecular formula is C12H28N2. The van der Waals surface area contributed by atoms with E-state index in [0.717, 1.165) is 0 Å². The number of hydrazine groups is 1. The molecule has 0 aromatic heterocycles. The Morgan fingerprint density at radius 3 is 1.36 bits per heavy atom. The van der Waals surface area contributed by atoms with Gasteiger partial charge in [0.05, 0.1) is 0 Å². The minimum atomic E-state index is 0.605. The summed E-state index contributed by atoms with van der Waals surface area (Å²) in [7, 11) is 0. The lowest BCUT2D eigenvalue weighted by Gasteiger charge is -2.40. The SMILES string of the molecule is CCCN(CCC)N(C(C)C)C(C)C. The highest BCUT2D eigenvalue weighted by molar-refractivity contribution is 4.66. The molecule has 14 heavy (non-hydrogen) atoms. The van der Waals surface area contributed by atoms with Crippen LogP contribution in [0.15, 0.2) is 0 Å². The molecule has 0 aromatic carbocycles. The highest BCUT2D eigenvalue weighted by Gasteiger charge is 2.19. The van der Waals surface area contributed by atoms with Crippen molar-refractivity contribution in [2.45, 2.75) is 66.5 Å². The Balaban J connectivity index is 4.37. The Morgan fingerprint density at radius 1 is 0.786 bits per heavy atom. The molecule has 0 N–H and O–H groups in total. The molecule has 0 aliphatic rings. The summed E-state index contributed by atoms with van der Waals surface area (Å²) < 4.78 is 0. The molecule has 0 radical (unpaired) electrons. The first kappa shape index (κ1) is 13.9. The van der Waals surface area contributed by atoms with Crippen LogP contribution in [0, 0.1) is 0 Å². The fraction of sp³-hybridized carbons (Fsp3) is 1.00. The summed E-state index contributed by atoms with van der Waals surface area (Å²) in [5.74, 6) is 0. The molecule has 0 fully saturated rings. The van der Waals surface area contributed by atoms with Crippen LogP contribution < -0.4 is 0 Å². The Hall–Kier alpha value is -0.0800. The van der Waals surface area contributed by atoms with E-state index in [2.05, 4.69) is 51.6 Å². The van der Waals surface area contributed by atoms with E-state index in [4.69, 9.17) is 0 Å². The molecule has 86 valence electrons. The average Bonchev–Trinajstić information content (AvgIpc) is 2.03. The third-order valence-corrected chi connectivity index (χ3v) is 2.35. The van der Waals surface area contributed by atoms with Crippen molar-refractivity contribution in [1.29, 1.82) is 0 Å². The van der Waals surface area contributed by atoms with Gasteiger partial charge in [0, 0.05) is 25.2 Å². The largest absolute Gasteiger partial charge is 0.241 e. The third-order valence-electron chi connectivity index (χ3n) is 2.35. The molecule has 0 bridgehead atoms. The van der Waals surface area contributed by atoms with Gasteiger partial charge in [-0.05, 0) is 40.5 Å². The maximum Gasteiger partial charge on any atom is 0.0192 e. The highest BCUT2D eigenvalue weighted by Crippen LogP contribution is 2.11. The summed E-state index contributed by atoms with van der Waals surface area (Å²) in [5, 5.41) is 5.02. The lowest BCUT2D eigenvalue weighted by Crippen LogP contribution is -2.51. The smallest absolute Gasteiger partial charge is 0.0192 e. The molecule has 0 saturated carbocycles. The maximum absolute atomic E-state index is 2.51. The topological polar surface area (TPSA) is 6.48 Å². The van der Waals surface area contributed by atoms with Gasteiger partial charge in [-0.1, -0.05) is 13.8 Å². The zero-order valence-corrected chi connectivity index (χ0v) is 10.9. The second-order valence-electron chi connectivity index (χ2n) is 4.52. The number of nitrogens with zero attached hydrogens (tertiary/aromatic N) is 2. The predicted octanol–water partition coefficient (Wildman–Crippen LogP) is 3.14. The summed E-state index contributed by atoms with van der Waals surface area (Å²) in [6.07, 6.45) is 2.46. The van der Waals surface area contributed by atoms with Crippen molar-refractivity contribution in [2.24, 2.45) is 0 Å². The van der Waals surface area contributed by atoms with E-state index in [-0.39, 0.29) is 0 Å². The van der Waals surface area contributed by atoms with Gasteiger partial charge in [0.25, 0.3) is 0 Å². The fourth-order valence-electron chi connectivity index (χ4n) is 2.11. The maximum atomic E-state index is 2.51. The van der Waals surface area contributed by atoms with Crippen molar-refractivity contribution in [1.82, 2.24) is 10.0 Å². The van der Waals surface area contributed by atoms with Crippen LogP contribution in [0.3, 0.4) is 0 Å². The van der Waals surface area contributed by atoms with Crippen LogP contribution in [0.2, 0.25) is 0 Å². The summed E-state index contributed by atoms with van der Waals surface area (Å²) in [6.45, 7) is 16.0. The Labute approximate surface area is 90.2 Å². The van der Waals surface area contributed by atoms with Crippen LogP contribution in [0.5, 0.6) is 0 Å². The Bertz CT molecular complexity index is 118. The first-order chi connectivity index (χ1) is 6.54. The monoisotopic (exact) mass is 200 g/mol. The first-order valence-corrected chi connectivity index (χ1v) is 6.07. The van der Waals surface area contributed by atoms with Crippen molar-refractivity contribution < 1.29 is 0 Å². The Morgan fingerprint density at radius 2 is 1.14 bits per heavy atom. The molecule has 0 atom stereocenters. The van der Waals surface area contributed by atoms with E-state index in [9.17, 15) is 0 Å².